The molecule has 0 rings (SSSR count). The van der Waals surface area contributed by atoms with Gasteiger partial charge in [0.15, 0.2) is 30.4 Å². The summed E-state index contributed by atoms with van der Waals surface area (Å²) in [6.07, 6.45) is 0. The van der Waals surface area contributed by atoms with Gasteiger partial charge < -0.3 is 13.7 Å². The number of halogens is 9. The summed E-state index contributed by atoms with van der Waals surface area (Å²) >= 11 is 0. The molecular weight excluding hydrogens is 592 g/mol. The van der Waals surface area contributed by atoms with Gasteiger partial charge in [-0.05, 0) is 0 Å². The van der Waals surface area contributed by atoms with E-state index in [1.807, 2.05) is 0 Å². The summed E-state index contributed by atoms with van der Waals surface area (Å²) in [6, 6.07) is 0. The van der Waals surface area contributed by atoms with Crippen LogP contribution in [0.15, 0.2) is 0 Å². The van der Waals surface area contributed by atoms with Gasteiger partial charge in [-0.25, -0.2) is 25.3 Å². The number of rotatable bonds is 0. The summed E-state index contributed by atoms with van der Waals surface area (Å²) in [5.41, 5.74) is -16.9. The van der Waals surface area contributed by atoms with E-state index in [1.54, 1.807) is 0 Å². The molecule has 0 bridgehead atoms. The van der Waals surface area contributed by atoms with Crippen LogP contribution in [0.5, 0.6) is 0 Å². The molecule has 0 atom stereocenters. The van der Waals surface area contributed by atoms with Gasteiger partial charge in [0.2, 0.25) is 0 Å². The Kier molecular flexibility index (Phi) is 13.4. The van der Waals surface area contributed by atoms with Gasteiger partial charge in [0.1, 0.15) is 0 Å². The summed E-state index contributed by atoms with van der Waals surface area (Å²) in [4.78, 5) is 0. The van der Waals surface area contributed by atoms with Crippen molar-refractivity contribution in [3.8, 4) is 0 Å². The minimum Gasteiger partial charge on any atom is -0.741 e. The number of hydrogen-bond acceptors (Lipinski definition) is 9. The first-order valence-electron chi connectivity index (χ1n) is 3.81. The van der Waals surface area contributed by atoms with E-state index in [0.717, 1.165) is 0 Å². The van der Waals surface area contributed by atoms with Gasteiger partial charge in [0.05, 0.1) is 0 Å². The van der Waals surface area contributed by atoms with Crippen LogP contribution in [0.25, 0.3) is 0 Å². The van der Waals surface area contributed by atoms with Crippen LogP contribution in [0.1, 0.15) is 0 Å². The van der Waals surface area contributed by atoms with Crippen LogP contribution in [0.3, 0.4) is 0 Å². The maximum Gasteiger partial charge on any atom is 3.00 e. The molecule has 0 aliphatic heterocycles. The maximum atomic E-state index is 10.7. The predicted octanol–water partition coefficient (Wildman–Crippen LogP) is 0.154. The van der Waals surface area contributed by atoms with E-state index in [2.05, 4.69) is 0 Å². The third-order valence-corrected chi connectivity index (χ3v) is 2.55. The molecule has 0 unspecified atom stereocenters. The van der Waals surface area contributed by atoms with Crippen LogP contribution >= 0.6 is 0 Å². The van der Waals surface area contributed by atoms with E-state index < -0.39 is 46.9 Å². The first kappa shape index (κ1) is 33.1. The SMILES string of the molecule is O=S(=O)([O-])C(F)(F)F.O=S(=O)([O-])C(F)(F)F.O=S(=O)([O-])C(F)(F)F.[Pm+3]. The smallest absolute Gasteiger partial charge is 0.741 e. The first-order chi connectivity index (χ1) is 9.75. The molecular formula is C3F9O9PmS3. The van der Waals surface area contributed by atoms with Crippen LogP contribution in [-0.4, -0.2) is 55.4 Å². The minimum atomic E-state index is -6.09. The second kappa shape index (κ2) is 10.1. The molecule has 0 heterocycles. The van der Waals surface area contributed by atoms with Gasteiger partial charge >= 0.3 is 56.9 Å². The molecule has 0 aromatic carbocycles. The molecule has 0 amide bonds. The van der Waals surface area contributed by atoms with E-state index in [4.69, 9.17) is 38.9 Å². The Bertz CT molecular complexity index is 596. The van der Waals surface area contributed by atoms with Crippen molar-refractivity contribution in [1.29, 1.82) is 0 Å². The second-order valence-corrected chi connectivity index (χ2v) is 6.81. The predicted molar refractivity (Wildman–Crippen MR) is 47.3 cm³/mol. The van der Waals surface area contributed by atoms with Crippen molar-refractivity contribution in [2.24, 2.45) is 0 Å². The van der Waals surface area contributed by atoms with Gasteiger partial charge in [0.25, 0.3) is 0 Å². The first-order valence-corrected chi connectivity index (χ1v) is 8.04. The van der Waals surface area contributed by atoms with Gasteiger partial charge in [-0.2, -0.15) is 39.5 Å². The van der Waals surface area contributed by atoms with Crippen LogP contribution in [0.4, 0.5) is 39.5 Å². The zero-order valence-electron chi connectivity index (χ0n) is 10.2. The monoisotopic (exact) mass is 592 g/mol. The Morgan fingerprint density at radius 3 is 0.480 bits per heavy atom. The normalized spacial score (nSPS) is 13.4. The largest absolute Gasteiger partial charge is 3.00 e. The second-order valence-electron chi connectivity index (χ2n) is 2.70. The Morgan fingerprint density at radius 2 is 0.480 bits per heavy atom. The van der Waals surface area contributed by atoms with Crippen molar-refractivity contribution in [2.75, 3.05) is 0 Å². The minimum absolute atomic E-state index is 0. The van der Waals surface area contributed by atoms with Crippen molar-refractivity contribution >= 4 is 30.4 Å². The molecule has 0 aromatic rings. The average molecular weight is 592 g/mol. The number of hydrogen-bond donors (Lipinski definition) is 0. The van der Waals surface area contributed by atoms with Gasteiger partial charge in [0, 0.05) is 0 Å². The van der Waals surface area contributed by atoms with E-state index in [0.29, 0.717) is 0 Å². The molecule has 0 fully saturated rings. The Hall–Kier alpha value is 0.438. The average Bonchev–Trinajstić information content (AvgIpc) is 2.08. The molecule has 0 N–H and O–H groups in total. The van der Waals surface area contributed by atoms with Gasteiger partial charge in [-0.15, -0.1) is 0 Å². The Labute approximate surface area is 164 Å². The van der Waals surface area contributed by atoms with Crippen LogP contribution in [-0.2, 0) is 30.4 Å². The van der Waals surface area contributed by atoms with Gasteiger partial charge in [-0.1, -0.05) is 0 Å². The van der Waals surface area contributed by atoms with Crippen molar-refractivity contribution in [3.05, 3.63) is 0 Å². The van der Waals surface area contributed by atoms with E-state index >= 15 is 0 Å². The third kappa shape index (κ3) is 16.3. The topological polar surface area (TPSA) is 172 Å². The molecule has 0 saturated heterocycles. The summed E-state index contributed by atoms with van der Waals surface area (Å²) < 4.78 is 177. The zero-order chi connectivity index (χ0) is 21.0. The molecule has 25 heavy (non-hydrogen) atoms. The molecule has 9 nitrogen and oxygen atoms in total. The van der Waals surface area contributed by atoms with Crippen LogP contribution < -0.4 is 0 Å². The van der Waals surface area contributed by atoms with E-state index in [9.17, 15) is 39.5 Å². The zero-order valence-corrected chi connectivity index (χ0v) is 15.6. The fourth-order valence-electron chi connectivity index (χ4n) is 0. The fourth-order valence-corrected chi connectivity index (χ4v) is 0. The van der Waals surface area contributed by atoms with Crippen molar-refractivity contribution < 1.29 is 119 Å². The van der Waals surface area contributed by atoms with Crippen molar-refractivity contribution in [1.82, 2.24) is 0 Å². The molecule has 0 aliphatic carbocycles. The fraction of sp³-hybridized carbons (Fsp3) is 1.00. The molecule has 152 valence electrons. The quantitative estimate of drug-likeness (QED) is 0.216. The van der Waals surface area contributed by atoms with E-state index in [1.165, 1.54) is 0 Å². The Balaban J connectivity index is -0.000000130. The Morgan fingerprint density at radius 1 is 0.440 bits per heavy atom. The van der Waals surface area contributed by atoms with Crippen LogP contribution in [0.2, 0.25) is 0 Å². The summed E-state index contributed by atoms with van der Waals surface area (Å²) in [6.45, 7) is 0. The summed E-state index contributed by atoms with van der Waals surface area (Å²) in [5.74, 6) is 0. The molecule has 0 spiro atoms. The maximum absolute atomic E-state index is 10.7. The van der Waals surface area contributed by atoms with Gasteiger partial charge in [-0.3, -0.25) is 0 Å². The summed E-state index contributed by atoms with van der Waals surface area (Å²) in [5, 5.41) is 0. The number of alkyl halides is 9. The standard InChI is InChI=1S/3CHF3O3S.Pm/c3*2-1(3,4)8(5,6)7;/h3*(H,5,6,7);/q;;;+3/p-3. The van der Waals surface area contributed by atoms with E-state index in [-0.39, 0.29) is 40.4 Å². The molecule has 0 aliphatic rings. The molecule has 22 heteroatoms. The van der Waals surface area contributed by atoms with Crippen molar-refractivity contribution in [3.63, 3.8) is 0 Å². The molecule has 0 radical (unpaired) electrons. The third-order valence-electron chi connectivity index (χ3n) is 0.850. The summed E-state index contributed by atoms with van der Waals surface area (Å²) in [7, 11) is -18.3. The molecule has 0 saturated carbocycles. The van der Waals surface area contributed by atoms with Crippen LogP contribution in [0, 0.1) is 40.4 Å². The van der Waals surface area contributed by atoms with Crippen molar-refractivity contribution in [2.45, 2.75) is 16.5 Å². The molecule has 0 aromatic heterocycles.